The van der Waals surface area contributed by atoms with Gasteiger partial charge in [0.1, 0.15) is 6.17 Å². The van der Waals surface area contributed by atoms with Crippen LogP contribution in [0.4, 0.5) is 4.39 Å². The van der Waals surface area contributed by atoms with Gasteiger partial charge >= 0.3 is 0 Å². The fourth-order valence-electron chi connectivity index (χ4n) is 9.70. The smallest absolute Gasteiger partial charge is 0.101 e. The van der Waals surface area contributed by atoms with Gasteiger partial charge in [0.15, 0.2) is 0 Å². The van der Waals surface area contributed by atoms with Crippen molar-refractivity contribution in [3.8, 4) is 0 Å². The summed E-state index contributed by atoms with van der Waals surface area (Å²) in [5.41, 5.74) is 2.31. The Morgan fingerprint density at radius 1 is 0.971 bits per heavy atom. The molecule has 0 aromatic carbocycles. The molecule has 0 amide bonds. The molecule has 0 spiro atoms. The van der Waals surface area contributed by atoms with Crippen LogP contribution in [0.2, 0.25) is 0 Å². The van der Waals surface area contributed by atoms with Crippen LogP contribution in [0.5, 0.6) is 0 Å². The van der Waals surface area contributed by atoms with Gasteiger partial charge in [-0.25, -0.2) is 4.39 Å². The molecule has 35 heavy (non-hydrogen) atoms. The number of fused-ring (bicyclic) bond motifs is 1. The minimum Gasteiger partial charge on any atom is -0.389 e. The van der Waals surface area contributed by atoms with Gasteiger partial charge in [-0.1, -0.05) is 67.9 Å². The molecule has 3 rings (SSSR count). The van der Waals surface area contributed by atoms with Crippen LogP contribution in [0.25, 0.3) is 0 Å². The molecule has 10 atom stereocenters. The standard InChI is InChI=1S/C33H60FN/c1-10-21-35-24(5)14-13-23(4)27-15-16-28-30(25(6)34)29(17-18-33(27,28)9)32(8)20-19-31(7,12-3)22-26(32)11-2/h23,25-30,35H,5,10-22H2,1-4,6-9H3. The first kappa shape index (κ1) is 29.0. The Hall–Kier alpha value is -0.530. The van der Waals surface area contributed by atoms with E-state index in [-0.39, 0.29) is 5.92 Å². The SMILES string of the molecule is C=C(CCC(C)C1CCC2C(C(C)F)C(C3(C)CCC(C)(CC)CC3CC)CCC12C)NCCC. The van der Waals surface area contributed by atoms with Crippen molar-refractivity contribution >= 4 is 0 Å². The summed E-state index contributed by atoms with van der Waals surface area (Å²) in [6, 6.07) is 0. The van der Waals surface area contributed by atoms with E-state index >= 15 is 4.39 Å². The topological polar surface area (TPSA) is 12.0 Å². The van der Waals surface area contributed by atoms with Crippen LogP contribution >= 0.6 is 0 Å². The Balaban J connectivity index is 1.77. The van der Waals surface area contributed by atoms with Gasteiger partial charge in [-0.05, 0) is 123 Å². The summed E-state index contributed by atoms with van der Waals surface area (Å²) < 4.78 is 15.7. The van der Waals surface area contributed by atoms with Crippen LogP contribution in [0.3, 0.4) is 0 Å². The van der Waals surface area contributed by atoms with Crippen LogP contribution in [-0.4, -0.2) is 12.7 Å². The highest BCUT2D eigenvalue weighted by molar-refractivity contribution is 5.09. The van der Waals surface area contributed by atoms with Crippen molar-refractivity contribution in [2.75, 3.05) is 6.54 Å². The van der Waals surface area contributed by atoms with Gasteiger partial charge in [-0.3, -0.25) is 0 Å². The molecule has 3 saturated carbocycles. The molecule has 0 aliphatic heterocycles. The maximum atomic E-state index is 15.7. The van der Waals surface area contributed by atoms with Gasteiger partial charge in [0.05, 0.1) is 0 Å². The third kappa shape index (κ3) is 5.67. The second-order valence-corrected chi connectivity index (χ2v) is 14.2. The largest absolute Gasteiger partial charge is 0.389 e. The lowest BCUT2D eigenvalue weighted by Gasteiger charge is -2.59. The summed E-state index contributed by atoms with van der Waals surface area (Å²) >= 11 is 0. The quantitative estimate of drug-likeness (QED) is 0.304. The van der Waals surface area contributed by atoms with Crippen molar-refractivity contribution in [3.05, 3.63) is 12.3 Å². The second kappa shape index (κ2) is 11.5. The van der Waals surface area contributed by atoms with E-state index in [4.69, 9.17) is 0 Å². The lowest BCUT2D eigenvalue weighted by Crippen LogP contribution is -2.53. The molecule has 0 radical (unpaired) electrons. The number of allylic oxidation sites excluding steroid dienone is 1. The Bertz CT molecular complexity index is 701. The second-order valence-electron chi connectivity index (χ2n) is 14.2. The molecule has 1 nitrogen and oxygen atoms in total. The lowest BCUT2D eigenvalue weighted by molar-refractivity contribution is -0.117. The highest BCUT2D eigenvalue weighted by Gasteiger charge is 2.60. The molecule has 3 fully saturated rings. The lowest BCUT2D eigenvalue weighted by atomic mass is 9.45. The van der Waals surface area contributed by atoms with Gasteiger partial charge in [-0.15, -0.1) is 0 Å². The number of nitrogens with one attached hydrogen (secondary N) is 1. The predicted octanol–water partition coefficient (Wildman–Crippen LogP) is 9.97. The number of hydrogen-bond acceptors (Lipinski definition) is 1. The molecule has 0 saturated heterocycles. The number of alkyl halides is 1. The minimum absolute atomic E-state index is 0.247. The first-order valence-electron chi connectivity index (χ1n) is 15.5. The van der Waals surface area contributed by atoms with E-state index < -0.39 is 6.17 Å². The Morgan fingerprint density at radius 3 is 2.26 bits per heavy atom. The third-order valence-electron chi connectivity index (χ3n) is 12.3. The summed E-state index contributed by atoms with van der Waals surface area (Å²) in [6.45, 7) is 24.3. The summed E-state index contributed by atoms with van der Waals surface area (Å²) in [5, 5.41) is 3.49. The highest BCUT2D eigenvalue weighted by atomic mass is 19.1. The monoisotopic (exact) mass is 489 g/mol. The molecule has 204 valence electrons. The van der Waals surface area contributed by atoms with Gasteiger partial charge in [-0.2, -0.15) is 0 Å². The van der Waals surface area contributed by atoms with Gasteiger partial charge in [0, 0.05) is 12.2 Å². The maximum Gasteiger partial charge on any atom is 0.101 e. The zero-order valence-corrected chi connectivity index (χ0v) is 24.8. The first-order valence-corrected chi connectivity index (χ1v) is 15.5. The van der Waals surface area contributed by atoms with Crippen molar-refractivity contribution in [3.63, 3.8) is 0 Å². The Kier molecular flexibility index (Phi) is 9.51. The maximum absolute atomic E-state index is 15.7. The molecule has 3 aliphatic rings. The van der Waals surface area contributed by atoms with Crippen LogP contribution < -0.4 is 5.32 Å². The summed E-state index contributed by atoms with van der Waals surface area (Å²) in [7, 11) is 0. The Labute approximate surface area is 218 Å². The van der Waals surface area contributed by atoms with Crippen molar-refractivity contribution in [1.82, 2.24) is 5.32 Å². The third-order valence-corrected chi connectivity index (χ3v) is 12.3. The van der Waals surface area contributed by atoms with E-state index in [1.54, 1.807) is 0 Å². The Morgan fingerprint density at radius 2 is 1.66 bits per heavy atom. The van der Waals surface area contributed by atoms with Gasteiger partial charge in [0.25, 0.3) is 0 Å². The molecular weight excluding hydrogens is 429 g/mol. The number of halogens is 1. The van der Waals surface area contributed by atoms with Gasteiger partial charge < -0.3 is 5.32 Å². The zero-order chi connectivity index (χ0) is 26.0. The van der Waals surface area contributed by atoms with Gasteiger partial charge in [0.2, 0.25) is 0 Å². The fourth-order valence-corrected chi connectivity index (χ4v) is 9.70. The molecule has 3 aliphatic carbocycles. The molecule has 0 aromatic heterocycles. The summed E-state index contributed by atoms with van der Waals surface area (Å²) in [6.07, 6.45) is 14.4. The van der Waals surface area contributed by atoms with Crippen LogP contribution in [0.15, 0.2) is 12.3 Å². The minimum atomic E-state index is -0.689. The number of rotatable bonds is 11. The molecule has 10 unspecified atom stereocenters. The van der Waals surface area contributed by atoms with Crippen molar-refractivity contribution in [1.29, 1.82) is 0 Å². The van der Waals surface area contributed by atoms with Crippen LogP contribution in [0, 0.1) is 51.8 Å². The van der Waals surface area contributed by atoms with E-state index in [1.165, 1.54) is 69.9 Å². The predicted molar refractivity (Wildman–Crippen MR) is 151 cm³/mol. The van der Waals surface area contributed by atoms with Crippen LogP contribution in [0.1, 0.15) is 132 Å². The van der Waals surface area contributed by atoms with E-state index in [1.807, 2.05) is 6.92 Å². The zero-order valence-electron chi connectivity index (χ0n) is 24.8. The highest BCUT2D eigenvalue weighted by Crippen LogP contribution is 2.67. The molecule has 2 heteroatoms. The average molecular weight is 490 g/mol. The van der Waals surface area contributed by atoms with Crippen molar-refractivity contribution in [2.24, 2.45) is 51.8 Å². The molecule has 1 N–H and O–H groups in total. The van der Waals surface area contributed by atoms with E-state index in [2.05, 4.69) is 60.4 Å². The summed E-state index contributed by atoms with van der Waals surface area (Å²) in [5.74, 6) is 3.53. The molecular formula is C33H60FN. The van der Waals surface area contributed by atoms with Crippen molar-refractivity contribution < 1.29 is 4.39 Å². The average Bonchev–Trinajstić information content (AvgIpc) is 3.19. The van der Waals surface area contributed by atoms with Crippen LogP contribution in [-0.2, 0) is 0 Å². The number of hydrogen-bond donors (Lipinski definition) is 1. The normalized spacial score (nSPS) is 43.4. The van der Waals surface area contributed by atoms with Crippen molar-refractivity contribution in [2.45, 2.75) is 139 Å². The molecule has 0 heterocycles. The molecule has 0 bridgehead atoms. The summed E-state index contributed by atoms with van der Waals surface area (Å²) in [4.78, 5) is 0. The fraction of sp³-hybridized carbons (Fsp3) is 0.939. The van der Waals surface area contributed by atoms with E-state index in [9.17, 15) is 0 Å². The molecule has 0 aromatic rings. The van der Waals surface area contributed by atoms with E-state index in [0.717, 1.165) is 31.2 Å². The van der Waals surface area contributed by atoms with E-state index in [0.29, 0.717) is 34.0 Å². The first-order chi connectivity index (χ1) is 16.5.